The van der Waals surface area contributed by atoms with Crippen LogP contribution in [0.15, 0.2) is 23.3 Å². The zero-order chi connectivity index (χ0) is 13.5. The molecular weight excluding hydrogens is 240 g/mol. The van der Waals surface area contributed by atoms with Gasteiger partial charge in [0.1, 0.15) is 0 Å². The number of nitrogens with zero attached hydrogens (tertiary/aromatic N) is 2. The van der Waals surface area contributed by atoms with E-state index in [1.54, 1.807) is 14.2 Å². The van der Waals surface area contributed by atoms with Crippen molar-refractivity contribution in [2.24, 2.45) is 5.10 Å². The van der Waals surface area contributed by atoms with E-state index >= 15 is 0 Å². The highest BCUT2D eigenvalue weighted by atomic mass is 16.5. The van der Waals surface area contributed by atoms with Crippen LogP contribution in [0.1, 0.15) is 31.2 Å². The van der Waals surface area contributed by atoms with E-state index in [4.69, 9.17) is 9.47 Å². The molecule has 0 radical (unpaired) electrons. The van der Waals surface area contributed by atoms with Gasteiger partial charge < -0.3 is 9.47 Å². The first-order valence-corrected chi connectivity index (χ1v) is 6.85. The zero-order valence-electron chi connectivity index (χ0n) is 11.8. The lowest BCUT2D eigenvalue weighted by atomic mass is 10.2. The molecule has 1 heterocycles. The SMILES string of the molecule is COc1cccc(/C=N\N2CCCCCC2)c1OC. The molecule has 0 amide bonds. The smallest absolute Gasteiger partial charge is 0.169 e. The maximum atomic E-state index is 5.40. The number of para-hydroxylation sites is 1. The van der Waals surface area contributed by atoms with E-state index in [1.165, 1.54) is 25.7 Å². The van der Waals surface area contributed by atoms with E-state index in [2.05, 4.69) is 10.1 Å². The van der Waals surface area contributed by atoms with Crippen molar-refractivity contribution in [3.05, 3.63) is 23.8 Å². The number of rotatable bonds is 4. The van der Waals surface area contributed by atoms with Gasteiger partial charge in [-0.2, -0.15) is 5.10 Å². The summed E-state index contributed by atoms with van der Waals surface area (Å²) >= 11 is 0. The van der Waals surface area contributed by atoms with Crippen LogP contribution in [0.5, 0.6) is 11.5 Å². The molecule has 1 fully saturated rings. The van der Waals surface area contributed by atoms with Crippen LogP contribution in [0.25, 0.3) is 0 Å². The van der Waals surface area contributed by atoms with E-state index < -0.39 is 0 Å². The van der Waals surface area contributed by atoms with Crippen LogP contribution in [-0.2, 0) is 0 Å². The van der Waals surface area contributed by atoms with Crippen molar-refractivity contribution in [1.82, 2.24) is 5.01 Å². The number of benzene rings is 1. The molecule has 0 unspecified atom stereocenters. The Balaban J connectivity index is 2.13. The second kappa shape index (κ2) is 7.02. The lowest BCUT2D eigenvalue weighted by Crippen LogP contribution is -2.18. The van der Waals surface area contributed by atoms with Crippen LogP contribution in [0.2, 0.25) is 0 Å². The van der Waals surface area contributed by atoms with Gasteiger partial charge in [0.15, 0.2) is 11.5 Å². The number of hydrogen-bond acceptors (Lipinski definition) is 4. The summed E-state index contributed by atoms with van der Waals surface area (Å²) in [6.45, 7) is 2.09. The molecule has 0 aliphatic carbocycles. The van der Waals surface area contributed by atoms with Crippen molar-refractivity contribution in [2.45, 2.75) is 25.7 Å². The minimum atomic E-state index is 0.738. The lowest BCUT2D eigenvalue weighted by molar-refractivity contribution is 0.302. The van der Waals surface area contributed by atoms with Crippen molar-refractivity contribution in [3.63, 3.8) is 0 Å². The first-order chi connectivity index (χ1) is 9.35. The fraction of sp³-hybridized carbons (Fsp3) is 0.533. The number of ether oxygens (including phenoxy) is 2. The Morgan fingerprint density at radius 3 is 2.42 bits per heavy atom. The summed E-state index contributed by atoms with van der Waals surface area (Å²) in [5.74, 6) is 1.48. The molecule has 19 heavy (non-hydrogen) atoms. The molecule has 1 aliphatic rings. The van der Waals surface area contributed by atoms with Gasteiger partial charge >= 0.3 is 0 Å². The Morgan fingerprint density at radius 1 is 1.05 bits per heavy atom. The number of methoxy groups -OCH3 is 2. The summed E-state index contributed by atoms with van der Waals surface area (Å²) in [6.07, 6.45) is 6.95. The van der Waals surface area contributed by atoms with Gasteiger partial charge in [-0.25, -0.2) is 0 Å². The Kier molecular flexibility index (Phi) is 5.07. The molecule has 1 aliphatic heterocycles. The molecule has 0 atom stereocenters. The highest BCUT2D eigenvalue weighted by Gasteiger charge is 2.09. The van der Waals surface area contributed by atoms with Gasteiger partial charge in [0.25, 0.3) is 0 Å². The first-order valence-electron chi connectivity index (χ1n) is 6.85. The van der Waals surface area contributed by atoms with Crippen molar-refractivity contribution in [3.8, 4) is 11.5 Å². The molecule has 1 saturated heterocycles. The maximum Gasteiger partial charge on any atom is 0.169 e. The lowest BCUT2D eigenvalue weighted by Gasteiger charge is -2.16. The first kappa shape index (κ1) is 13.7. The fourth-order valence-corrected chi connectivity index (χ4v) is 2.33. The third-order valence-corrected chi connectivity index (χ3v) is 3.38. The van der Waals surface area contributed by atoms with E-state index in [0.717, 1.165) is 30.2 Å². The average Bonchev–Trinajstić information content (AvgIpc) is 2.73. The van der Waals surface area contributed by atoms with Crippen molar-refractivity contribution >= 4 is 6.21 Å². The molecule has 0 spiro atoms. The summed E-state index contributed by atoms with van der Waals surface area (Å²) in [4.78, 5) is 0. The van der Waals surface area contributed by atoms with Gasteiger partial charge in [-0.05, 0) is 25.0 Å². The summed E-state index contributed by atoms with van der Waals surface area (Å²) in [6, 6.07) is 5.83. The predicted molar refractivity (Wildman–Crippen MR) is 77.2 cm³/mol. The molecule has 2 rings (SSSR count). The van der Waals surface area contributed by atoms with Crippen molar-refractivity contribution in [1.29, 1.82) is 0 Å². The zero-order valence-corrected chi connectivity index (χ0v) is 11.8. The van der Waals surface area contributed by atoms with Gasteiger partial charge in [-0.15, -0.1) is 0 Å². The van der Waals surface area contributed by atoms with Crippen LogP contribution >= 0.6 is 0 Å². The molecule has 4 nitrogen and oxygen atoms in total. The summed E-state index contributed by atoms with van der Waals surface area (Å²) in [7, 11) is 3.30. The molecule has 4 heteroatoms. The normalized spacial score (nSPS) is 16.4. The van der Waals surface area contributed by atoms with Gasteiger partial charge in [0, 0.05) is 18.7 Å². The quantitative estimate of drug-likeness (QED) is 0.782. The highest BCUT2D eigenvalue weighted by Crippen LogP contribution is 2.29. The van der Waals surface area contributed by atoms with Gasteiger partial charge in [-0.1, -0.05) is 18.9 Å². The van der Waals surface area contributed by atoms with E-state index in [9.17, 15) is 0 Å². The number of hydrazone groups is 1. The maximum absolute atomic E-state index is 5.40. The molecule has 0 N–H and O–H groups in total. The third kappa shape index (κ3) is 3.63. The van der Waals surface area contributed by atoms with Crippen LogP contribution in [0.4, 0.5) is 0 Å². The molecule has 1 aromatic rings. The van der Waals surface area contributed by atoms with Crippen LogP contribution in [0.3, 0.4) is 0 Å². The standard InChI is InChI=1S/C15H22N2O2/c1-18-14-9-7-8-13(15(14)19-2)12-16-17-10-5-3-4-6-11-17/h7-9,12H,3-6,10-11H2,1-2H3/b16-12-. The van der Waals surface area contributed by atoms with Gasteiger partial charge in [0.05, 0.1) is 20.4 Å². The summed E-state index contributed by atoms with van der Waals surface area (Å²) in [5, 5.41) is 6.71. The Hall–Kier alpha value is -1.71. The van der Waals surface area contributed by atoms with Gasteiger partial charge in [0.2, 0.25) is 0 Å². The molecule has 0 aromatic heterocycles. The van der Waals surface area contributed by atoms with Crippen molar-refractivity contribution < 1.29 is 9.47 Å². The topological polar surface area (TPSA) is 34.1 Å². The Labute approximate surface area is 115 Å². The van der Waals surface area contributed by atoms with Gasteiger partial charge in [-0.3, -0.25) is 5.01 Å². The average molecular weight is 262 g/mol. The van der Waals surface area contributed by atoms with Crippen LogP contribution < -0.4 is 9.47 Å². The number of hydrogen-bond donors (Lipinski definition) is 0. The Bertz CT molecular complexity index is 424. The largest absolute Gasteiger partial charge is 0.493 e. The summed E-state index contributed by atoms with van der Waals surface area (Å²) in [5.41, 5.74) is 0.950. The molecular formula is C15H22N2O2. The molecule has 104 valence electrons. The van der Waals surface area contributed by atoms with E-state index in [0.29, 0.717) is 0 Å². The Morgan fingerprint density at radius 2 is 1.79 bits per heavy atom. The van der Waals surface area contributed by atoms with Crippen LogP contribution in [-0.4, -0.2) is 38.5 Å². The minimum Gasteiger partial charge on any atom is -0.493 e. The third-order valence-electron chi connectivity index (χ3n) is 3.38. The second-order valence-corrected chi connectivity index (χ2v) is 4.70. The second-order valence-electron chi connectivity index (χ2n) is 4.70. The van der Waals surface area contributed by atoms with E-state index in [-0.39, 0.29) is 0 Å². The fourth-order valence-electron chi connectivity index (χ4n) is 2.33. The molecule has 1 aromatic carbocycles. The summed E-state index contributed by atoms with van der Waals surface area (Å²) < 4.78 is 10.7. The van der Waals surface area contributed by atoms with E-state index in [1.807, 2.05) is 24.4 Å². The van der Waals surface area contributed by atoms with Crippen molar-refractivity contribution in [2.75, 3.05) is 27.3 Å². The monoisotopic (exact) mass is 262 g/mol. The predicted octanol–water partition coefficient (Wildman–Crippen LogP) is 2.91. The highest BCUT2D eigenvalue weighted by molar-refractivity contribution is 5.84. The molecule has 0 bridgehead atoms. The van der Waals surface area contributed by atoms with Crippen LogP contribution in [0, 0.1) is 0 Å². The minimum absolute atomic E-state index is 0.738. The molecule has 0 saturated carbocycles.